The van der Waals surface area contributed by atoms with Crippen molar-refractivity contribution in [2.45, 2.75) is 33.7 Å². The van der Waals surface area contributed by atoms with Gasteiger partial charge in [0.15, 0.2) is 0 Å². The first kappa shape index (κ1) is 22.3. The van der Waals surface area contributed by atoms with E-state index in [-0.39, 0.29) is 19.1 Å². The van der Waals surface area contributed by atoms with Gasteiger partial charge in [-0.2, -0.15) is 10.1 Å². The topological polar surface area (TPSA) is 89.3 Å². The number of nitrogens with one attached hydrogen (secondary N) is 1. The molecule has 0 saturated heterocycles. The summed E-state index contributed by atoms with van der Waals surface area (Å²) in [6.07, 6.45) is 1.43. The Morgan fingerprint density at radius 2 is 1.73 bits per heavy atom. The van der Waals surface area contributed by atoms with Crippen molar-refractivity contribution in [3.05, 3.63) is 82.8 Å². The van der Waals surface area contributed by atoms with Crippen molar-refractivity contribution in [1.82, 2.24) is 14.8 Å². The molecule has 0 spiro atoms. The molecule has 33 heavy (non-hydrogen) atoms. The molecule has 170 valence electrons. The second kappa shape index (κ2) is 9.28. The average Bonchev–Trinajstić information content (AvgIpc) is 3.28. The zero-order valence-corrected chi connectivity index (χ0v) is 19.2. The third-order valence-electron chi connectivity index (χ3n) is 5.77. The molecule has 8 nitrogen and oxygen atoms in total. The first-order valence-electron chi connectivity index (χ1n) is 10.9. The molecule has 1 unspecified atom stereocenters. The summed E-state index contributed by atoms with van der Waals surface area (Å²) in [6.45, 7) is 7.71. The molecule has 0 bridgehead atoms. The molecule has 3 aromatic rings. The van der Waals surface area contributed by atoms with E-state index >= 15 is 0 Å². The van der Waals surface area contributed by atoms with E-state index in [2.05, 4.69) is 15.4 Å². The molecule has 0 radical (unpaired) electrons. The van der Waals surface area contributed by atoms with E-state index in [1.165, 1.54) is 6.33 Å². The zero-order chi connectivity index (χ0) is 23.5. The molecule has 2 aromatic carbocycles. The van der Waals surface area contributed by atoms with Gasteiger partial charge in [0.25, 0.3) is 0 Å². The summed E-state index contributed by atoms with van der Waals surface area (Å²) in [4.78, 5) is 32.3. The van der Waals surface area contributed by atoms with Gasteiger partial charge in [0.05, 0.1) is 12.2 Å². The lowest BCUT2D eigenvalue weighted by molar-refractivity contribution is -0.139. The number of esters is 1. The number of rotatable bonds is 6. The quantitative estimate of drug-likeness (QED) is 0.581. The largest absolute Gasteiger partial charge is 0.463 e. The number of fused-ring (bicyclic) bond motifs is 1. The van der Waals surface area contributed by atoms with Crippen LogP contribution in [0.1, 0.15) is 36.6 Å². The number of carbonyl (C=O) groups excluding carboxylic acids is 2. The van der Waals surface area contributed by atoms with Crippen molar-refractivity contribution in [1.29, 1.82) is 0 Å². The van der Waals surface area contributed by atoms with Crippen LogP contribution in [-0.4, -0.2) is 39.8 Å². The lowest BCUT2D eigenvalue weighted by atomic mass is 9.95. The summed E-state index contributed by atoms with van der Waals surface area (Å²) in [5.41, 5.74) is 4.67. The first-order valence-corrected chi connectivity index (χ1v) is 10.9. The Kier molecular flexibility index (Phi) is 6.26. The summed E-state index contributed by atoms with van der Waals surface area (Å²) in [5, 5.41) is 7.41. The molecule has 1 N–H and O–H groups in total. The van der Waals surface area contributed by atoms with Gasteiger partial charge < -0.3 is 15.0 Å². The van der Waals surface area contributed by atoms with Crippen LogP contribution in [0.15, 0.2) is 66.1 Å². The van der Waals surface area contributed by atoms with Gasteiger partial charge in [0.2, 0.25) is 11.9 Å². The van der Waals surface area contributed by atoms with Gasteiger partial charge in [0, 0.05) is 11.4 Å². The highest BCUT2D eigenvalue weighted by atomic mass is 16.5. The molecule has 1 aliphatic rings. The fraction of sp³-hybridized carbons (Fsp3) is 0.280. The van der Waals surface area contributed by atoms with Crippen LogP contribution in [0.2, 0.25) is 0 Å². The fourth-order valence-electron chi connectivity index (χ4n) is 4.17. The van der Waals surface area contributed by atoms with Crippen molar-refractivity contribution >= 4 is 23.5 Å². The Labute approximate surface area is 192 Å². The Bertz CT molecular complexity index is 1200. The fourth-order valence-corrected chi connectivity index (χ4v) is 4.17. The smallest absolute Gasteiger partial charge is 0.338 e. The van der Waals surface area contributed by atoms with E-state index < -0.39 is 12.0 Å². The van der Waals surface area contributed by atoms with Crippen LogP contribution in [0.25, 0.3) is 0 Å². The predicted molar refractivity (Wildman–Crippen MR) is 126 cm³/mol. The van der Waals surface area contributed by atoms with Gasteiger partial charge in [-0.05, 0) is 44.4 Å². The maximum atomic E-state index is 13.1. The van der Waals surface area contributed by atoms with Gasteiger partial charge in [0.1, 0.15) is 18.9 Å². The number of hydrogen-bond donors (Lipinski definition) is 1. The molecule has 1 aromatic heterocycles. The minimum atomic E-state index is -0.499. The molecule has 0 fully saturated rings. The standard InChI is InChI=1S/C25H27N5O3/c1-5-33-24(32)21-18(4)29(14-20(31)28-22-16(2)10-9-11-17(22)3)25-26-15-27-30(25)23(21)19-12-7-6-8-13-19/h6-13,15,23H,5,14H2,1-4H3,(H,28,31). The molecule has 8 heteroatoms. The summed E-state index contributed by atoms with van der Waals surface area (Å²) in [7, 11) is 0. The number of anilines is 2. The van der Waals surface area contributed by atoms with Crippen LogP contribution in [0, 0.1) is 13.8 Å². The second-order valence-electron chi connectivity index (χ2n) is 7.94. The summed E-state index contributed by atoms with van der Waals surface area (Å²) >= 11 is 0. The third kappa shape index (κ3) is 4.24. The van der Waals surface area contributed by atoms with E-state index in [1.54, 1.807) is 16.5 Å². The predicted octanol–water partition coefficient (Wildman–Crippen LogP) is 3.78. The summed E-state index contributed by atoms with van der Waals surface area (Å²) in [5.74, 6) is -0.168. The molecule has 1 aliphatic heterocycles. The second-order valence-corrected chi connectivity index (χ2v) is 7.94. The van der Waals surface area contributed by atoms with Crippen LogP contribution in [0.5, 0.6) is 0 Å². The van der Waals surface area contributed by atoms with Crippen LogP contribution in [0.4, 0.5) is 11.6 Å². The Morgan fingerprint density at radius 3 is 2.39 bits per heavy atom. The normalized spacial score (nSPS) is 15.3. The lowest BCUT2D eigenvalue weighted by Crippen LogP contribution is -2.41. The number of benzene rings is 2. The molecule has 0 saturated carbocycles. The van der Waals surface area contributed by atoms with Gasteiger partial charge >= 0.3 is 5.97 Å². The lowest BCUT2D eigenvalue weighted by Gasteiger charge is -2.35. The van der Waals surface area contributed by atoms with E-state index in [1.807, 2.05) is 69.3 Å². The van der Waals surface area contributed by atoms with Crippen molar-refractivity contribution in [3.8, 4) is 0 Å². The van der Waals surface area contributed by atoms with Crippen LogP contribution in [0.3, 0.4) is 0 Å². The van der Waals surface area contributed by atoms with Crippen LogP contribution in [-0.2, 0) is 14.3 Å². The van der Waals surface area contributed by atoms with Crippen molar-refractivity contribution in [2.24, 2.45) is 0 Å². The number of carbonyl (C=O) groups is 2. The Balaban J connectivity index is 1.73. The van der Waals surface area contributed by atoms with E-state index in [4.69, 9.17) is 4.74 Å². The molecule has 0 aliphatic carbocycles. The van der Waals surface area contributed by atoms with Crippen LogP contribution >= 0.6 is 0 Å². The maximum absolute atomic E-state index is 13.1. The summed E-state index contributed by atoms with van der Waals surface area (Å²) < 4.78 is 7.06. The molecule has 4 rings (SSSR count). The Hall–Kier alpha value is -3.94. The minimum Gasteiger partial charge on any atom is -0.463 e. The minimum absolute atomic E-state index is 0.0251. The highest BCUT2D eigenvalue weighted by Gasteiger charge is 2.38. The monoisotopic (exact) mass is 445 g/mol. The van der Waals surface area contributed by atoms with Gasteiger partial charge in [-0.3, -0.25) is 4.79 Å². The SMILES string of the molecule is CCOC(=O)C1=C(C)N(CC(=O)Nc2c(C)cccc2C)c2ncnn2C1c1ccccc1. The molecule has 2 heterocycles. The third-order valence-corrected chi connectivity index (χ3v) is 5.77. The number of ether oxygens (including phenoxy) is 1. The summed E-state index contributed by atoms with van der Waals surface area (Å²) in [6, 6.07) is 15.0. The van der Waals surface area contributed by atoms with Crippen molar-refractivity contribution in [3.63, 3.8) is 0 Å². The van der Waals surface area contributed by atoms with Crippen molar-refractivity contribution < 1.29 is 14.3 Å². The van der Waals surface area contributed by atoms with E-state index in [9.17, 15) is 9.59 Å². The number of amides is 1. The van der Waals surface area contributed by atoms with E-state index in [0.29, 0.717) is 17.2 Å². The number of allylic oxidation sites excluding steroid dienone is 1. The van der Waals surface area contributed by atoms with Gasteiger partial charge in [-0.15, -0.1) is 0 Å². The Morgan fingerprint density at radius 1 is 1.03 bits per heavy atom. The molecular formula is C25H27N5O3. The number of para-hydroxylation sites is 1. The maximum Gasteiger partial charge on any atom is 0.338 e. The number of hydrogen-bond acceptors (Lipinski definition) is 6. The first-order chi connectivity index (χ1) is 15.9. The number of aromatic nitrogens is 3. The number of aryl methyl sites for hydroxylation is 2. The molecule has 1 amide bonds. The average molecular weight is 446 g/mol. The van der Waals surface area contributed by atoms with Gasteiger partial charge in [-0.1, -0.05) is 48.5 Å². The van der Waals surface area contributed by atoms with Crippen molar-refractivity contribution in [2.75, 3.05) is 23.4 Å². The molecule has 1 atom stereocenters. The highest BCUT2D eigenvalue weighted by molar-refractivity contribution is 5.97. The van der Waals surface area contributed by atoms with Crippen LogP contribution < -0.4 is 10.2 Å². The zero-order valence-electron chi connectivity index (χ0n) is 19.2. The van der Waals surface area contributed by atoms with Gasteiger partial charge in [-0.25, -0.2) is 9.48 Å². The highest BCUT2D eigenvalue weighted by Crippen LogP contribution is 2.38. The molecular weight excluding hydrogens is 418 g/mol. The number of nitrogens with zero attached hydrogens (tertiary/aromatic N) is 4. The van der Waals surface area contributed by atoms with E-state index in [0.717, 1.165) is 22.4 Å².